The third-order valence-corrected chi connectivity index (χ3v) is 5.68. The third kappa shape index (κ3) is 4.35. The van der Waals surface area contributed by atoms with Crippen molar-refractivity contribution in [3.63, 3.8) is 0 Å². The van der Waals surface area contributed by atoms with Gasteiger partial charge in [0.1, 0.15) is 5.75 Å². The van der Waals surface area contributed by atoms with Crippen LogP contribution in [0.4, 0.5) is 0 Å². The lowest BCUT2D eigenvalue weighted by molar-refractivity contribution is 0.296. The average molecular weight is 349 g/mol. The maximum absolute atomic E-state index is 12.5. The molecule has 126 valence electrons. The van der Waals surface area contributed by atoms with E-state index in [0.717, 1.165) is 31.2 Å². The first kappa shape index (κ1) is 19.2. The highest BCUT2D eigenvalue weighted by molar-refractivity contribution is 7.89. The third-order valence-electron chi connectivity index (χ3n) is 4.19. The number of hydrogen-bond acceptors (Lipinski definition) is 4. The Kier molecular flexibility index (Phi) is 7.12. The van der Waals surface area contributed by atoms with E-state index in [9.17, 15) is 8.42 Å². The number of nitrogens with two attached hydrogens (primary N) is 1. The number of nitrogens with one attached hydrogen (secondary N) is 1. The van der Waals surface area contributed by atoms with E-state index in [1.807, 2.05) is 6.92 Å². The molecule has 7 heteroatoms. The summed E-state index contributed by atoms with van der Waals surface area (Å²) in [6, 6.07) is 4.84. The second kappa shape index (κ2) is 8.15. The van der Waals surface area contributed by atoms with Crippen molar-refractivity contribution in [1.29, 1.82) is 0 Å². The van der Waals surface area contributed by atoms with Crippen LogP contribution in [0, 0.1) is 12.8 Å². The summed E-state index contributed by atoms with van der Waals surface area (Å²) in [6.45, 7) is 2.36. The van der Waals surface area contributed by atoms with Gasteiger partial charge in [0.25, 0.3) is 0 Å². The zero-order valence-electron chi connectivity index (χ0n) is 13.0. The number of halogens is 1. The molecule has 0 aliphatic heterocycles. The molecule has 2 atom stereocenters. The van der Waals surface area contributed by atoms with Crippen LogP contribution in [0.25, 0.3) is 0 Å². The van der Waals surface area contributed by atoms with Gasteiger partial charge in [0.2, 0.25) is 10.0 Å². The van der Waals surface area contributed by atoms with Crippen molar-refractivity contribution in [2.24, 2.45) is 11.7 Å². The molecule has 0 heterocycles. The normalized spacial score (nSPS) is 22.0. The lowest BCUT2D eigenvalue weighted by Crippen LogP contribution is -2.44. The number of hydrogen-bond donors (Lipinski definition) is 2. The van der Waals surface area contributed by atoms with Crippen molar-refractivity contribution >= 4 is 22.4 Å². The molecule has 0 amide bonds. The van der Waals surface area contributed by atoms with Crippen LogP contribution >= 0.6 is 12.4 Å². The molecule has 1 fully saturated rings. The highest BCUT2D eigenvalue weighted by Gasteiger charge is 2.28. The molecular weight excluding hydrogens is 324 g/mol. The van der Waals surface area contributed by atoms with Crippen molar-refractivity contribution < 1.29 is 13.2 Å². The fourth-order valence-electron chi connectivity index (χ4n) is 2.93. The molecule has 2 unspecified atom stereocenters. The van der Waals surface area contributed by atoms with Crippen molar-refractivity contribution in [2.75, 3.05) is 13.7 Å². The highest BCUT2D eigenvalue weighted by atomic mass is 35.5. The van der Waals surface area contributed by atoms with Crippen LogP contribution < -0.4 is 15.2 Å². The quantitative estimate of drug-likeness (QED) is 0.854. The Labute approximate surface area is 139 Å². The standard InChI is InChI=1S/C15H24N2O3S.ClH/c1-11-9-13(7-8-15(11)20-2)21(18,19)17-14-6-4-3-5-12(14)10-16;/h7-9,12,14,17H,3-6,10,16H2,1-2H3;1H. The topological polar surface area (TPSA) is 81.4 Å². The van der Waals surface area contributed by atoms with Gasteiger partial charge in [-0.25, -0.2) is 13.1 Å². The molecule has 0 radical (unpaired) electrons. The van der Waals surface area contributed by atoms with Gasteiger partial charge in [-0.05, 0) is 56.0 Å². The Morgan fingerprint density at radius 1 is 1.32 bits per heavy atom. The van der Waals surface area contributed by atoms with Crippen molar-refractivity contribution in [3.8, 4) is 5.75 Å². The van der Waals surface area contributed by atoms with E-state index in [1.54, 1.807) is 25.3 Å². The maximum Gasteiger partial charge on any atom is 0.240 e. The predicted octanol–water partition coefficient (Wildman–Crippen LogP) is 2.22. The Balaban J connectivity index is 0.00000242. The van der Waals surface area contributed by atoms with Crippen LogP contribution in [0.5, 0.6) is 5.75 Å². The Morgan fingerprint density at radius 3 is 2.59 bits per heavy atom. The van der Waals surface area contributed by atoms with Crippen LogP contribution in [-0.2, 0) is 10.0 Å². The van der Waals surface area contributed by atoms with E-state index in [2.05, 4.69) is 4.72 Å². The molecular formula is C15H25ClN2O3S. The van der Waals surface area contributed by atoms with E-state index in [-0.39, 0.29) is 29.3 Å². The average Bonchev–Trinajstić information content (AvgIpc) is 2.47. The van der Waals surface area contributed by atoms with Gasteiger partial charge in [0, 0.05) is 6.04 Å². The van der Waals surface area contributed by atoms with Crippen molar-refractivity contribution in [2.45, 2.75) is 43.5 Å². The summed E-state index contributed by atoms with van der Waals surface area (Å²) < 4.78 is 33.0. The smallest absolute Gasteiger partial charge is 0.240 e. The highest BCUT2D eigenvalue weighted by Crippen LogP contribution is 2.26. The summed E-state index contributed by atoms with van der Waals surface area (Å²) >= 11 is 0. The molecule has 0 bridgehead atoms. The summed E-state index contributed by atoms with van der Waals surface area (Å²) in [5.41, 5.74) is 6.57. The first-order chi connectivity index (χ1) is 9.97. The van der Waals surface area contributed by atoms with E-state index < -0.39 is 10.0 Å². The molecule has 0 aromatic heterocycles. The van der Waals surface area contributed by atoms with Gasteiger partial charge in [-0.15, -0.1) is 12.4 Å². The van der Waals surface area contributed by atoms with Gasteiger partial charge < -0.3 is 10.5 Å². The molecule has 1 aromatic rings. The lowest BCUT2D eigenvalue weighted by atomic mass is 9.85. The number of sulfonamides is 1. The monoisotopic (exact) mass is 348 g/mol. The van der Waals surface area contributed by atoms with Crippen LogP contribution in [0.1, 0.15) is 31.2 Å². The van der Waals surface area contributed by atoms with Crippen LogP contribution in [0.3, 0.4) is 0 Å². The van der Waals surface area contributed by atoms with Gasteiger partial charge in [-0.1, -0.05) is 12.8 Å². The van der Waals surface area contributed by atoms with Gasteiger partial charge in [-0.2, -0.15) is 0 Å². The van der Waals surface area contributed by atoms with E-state index in [0.29, 0.717) is 12.3 Å². The van der Waals surface area contributed by atoms with Crippen molar-refractivity contribution in [3.05, 3.63) is 23.8 Å². The SMILES string of the molecule is COc1ccc(S(=O)(=O)NC2CCCCC2CN)cc1C.Cl. The minimum atomic E-state index is -3.51. The van der Waals surface area contributed by atoms with E-state index in [4.69, 9.17) is 10.5 Å². The zero-order valence-corrected chi connectivity index (χ0v) is 14.7. The van der Waals surface area contributed by atoms with Gasteiger partial charge in [-0.3, -0.25) is 0 Å². The first-order valence-corrected chi connectivity index (χ1v) is 8.83. The predicted molar refractivity (Wildman–Crippen MR) is 90.1 cm³/mol. The minimum absolute atomic E-state index is 0. The van der Waals surface area contributed by atoms with Crippen LogP contribution in [-0.4, -0.2) is 28.1 Å². The van der Waals surface area contributed by atoms with Gasteiger partial charge >= 0.3 is 0 Å². The summed E-state index contributed by atoms with van der Waals surface area (Å²) in [6.07, 6.45) is 4.02. The molecule has 5 nitrogen and oxygen atoms in total. The zero-order chi connectivity index (χ0) is 15.5. The fourth-order valence-corrected chi connectivity index (χ4v) is 4.35. The van der Waals surface area contributed by atoms with Crippen LogP contribution in [0.2, 0.25) is 0 Å². The molecule has 3 N–H and O–H groups in total. The summed E-state index contributed by atoms with van der Waals surface area (Å²) in [4.78, 5) is 0.280. The Morgan fingerprint density at radius 2 is 2.00 bits per heavy atom. The number of aryl methyl sites for hydroxylation is 1. The lowest BCUT2D eigenvalue weighted by Gasteiger charge is -2.31. The summed E-state index contributed by atoms with van der Waals surface area (Å²) in [7, 11) is -1.94. The largest absolute Gasteiger partial charge is 0.496 e. The minimum Gasteiger partial charge on any atom is -0.496 e. The van der Waals surface area contributed by atoms with Gasteiger partial charge in [0.05, 0.1) is 12.0 Å². The maximum atomic E-state index is 12.5. The first-order valence-electron chi connectivity index (χ1n) is 7.35. The second-order valence-corrected chi connectivity index (χ2v) is 7.35. The molecule has 22 heavy (non-hydrogen) atoms. The van der Waals surface area contributed by atoms with Crippen molar-refractivity contribution in [1.82, 2.24) is 4.72 Å². The Hall–Kier alpha value is -0.820. The van der Waals surface area contributed by atoms with Gasteiger partial charge in [0.15, 0.2) is 0 Å². The molecule has 0 spiro atoms. The number of rotatable bonds is 5. The Bertz CT molecular complexity index is 592. The van der Waals surface area contributed by atoms with E-state index in [1.165, 1.54) is 0 Å². The molecule has 1 aromatic carbocycles. The number of ether oxygens (including phenoxy) is 1. The van der Waals surface area contributed by atoms with E-state index >= 15 is 0 Å². The van der Waals surface area contributed by atoms with Crippen LogP contribution in [0.15, 0.2) is 23.1 Å². The second-order valence-electron chi connectivity index (χ2n) is 5.64. The number of benzene rings is 1. The number of methoxy groups -OCH3 is 1. The molecule has 1 saturated carbocycles. The molecule has 1 aliphatic rings. The molecule has 1 aliphatic carbocycles. The summed E-state index contributed by atoms with van der Waals surface area (Å²) in [5, 5.41) is 0. The molecule has 2 rings (SSSR count). The summed E-state index contributed by atoms with van der Waals surface area (Å²) in [5.74, 6) is 0.916. The molecule has 0 saturated heterocycles. The fraction of sp³-hybridized carbons (Fsp3) is 0.600.